The van der Waals surface area contributed by atoms with Gasteiger partial charge < -0.3 is 29.6 Å². The maximum absolute atomic E-state index is 6.16. The molecule has 116 valence electrons. The predicted octanol–water partition coefficient (Wildman–Crippen LogP) is 1.63. The summed E-state index contributed by atoms with van der Waals surface area (Å²) in [6.45, 7) is 3.08. The zero-order valence-electron chi connectivity index (χ0n) is 12.6. The van der Waals surface area contributed by atoms with Crippen LogP contribution in [0.25, 0.3) is 0 Å². The molecular formula is C15H22N2O4. The molecule has 0 bridgehead atoms. The number of nitrogens with two attached hydrogens (primary N) is 1. The molecule has 0 radical (unpaired) electrons. The molecule has 0 unspecified atom stereocenters. The molecule has 3 rings (SSSR count). The van der Waals surface area contributed by atoms with Crippen LogP contribution in [0.2, 0.25) is 0 Å². The largest absolute Gasteiger partial charge is 0.493 e. The Labute approximate surface area is 124 Å². The SMILES string of the molecule is COc1cc(N)c(N2CCC3(CC2)OCCO3)cc1OC. The summed E-state index contributed by atoms with van der Waals surface area (Å²) in [4.78, 5) is 2.24. The Morgan fingerprint density at radius 2 is 1.62 bits per heavy atom. The van der Waals surface area contributed by atoms with Crippen LogP contribution in [0, 0.1) is 0 Å². The zero-order valence-corrected chi connectivity index (χ0v) is 12.6. The van der Waals surface area contributed by atoms with Gasteiger partial charge in [-0.05, 0) is 0 Å². The van der Waals surface area contributed by atoms with Crippen LogP contribution < -0.4 is 20.1 Å². The second-order valence-corrected chi connectivity index (χ2v) is 5.36. The van der Waals surface area contributed by atoms with E-state index in [0.29, 0.717) is 30.4 Å². The summed E-state index contributed by atoms with van der Waals surface area (Å²) >= 11 is 0. The zero-order chi connectivity index (χ0) is 14.9. The van der Waals surface area contributed by atoms with Gasteiger partial charge in [0.2, 0.25) is 0 Å². The normalized spacial score (nSPS) is 20.8. The average Bonchev–Trinajstić information content (AvgIpc) is 2.96. The lowest BCUT2D eigenvalue weighted by molar-refractivity contribution is -0.169. The van der Waals surface area contributed by atoms with Crippen molar-refractivity contribution in [2.45, 2.75) is 18.6 Å². The molecule has 2 heterocycles. The topological polar surface area (TPSA) is 66.2 Å². The Morgan fingerprint density at radius 3 is 2.19 bits per heavy atom. The number of anilines is 2. The van der Waals surface area contributed by atoms with E-state index in [-0.39, 0.29) is 5.79 Å². The van der Waals surface area contributed by atoms with Crippen LogP contribution in [0.4, 0.5) is 11.4 Å². The minimum Gasteiger partial charge on any atom is -0.493 e. The van der Waals surface area contributed by atoms with Crippen LogP contribution in [0.3, 0.4) is 0 Å². The summed E-state index contributed by atoms with van der Waals surface area (Å²) < 4.78 is 22.1. The lowest BCUT2D eigenvalue weighted by Crippen LogP contribution is -2.45. The van der Waals surface area contributed by atoms with Gasteiger partial charge in [-0.15, -0.1) is 0 Å². The molecule has 2 fully saturated rings. The number of hydrogen-bond donors (Lipinski definition) is 1. The van der Waals surface area contributed by atoms with Crippen molar-refractivity contribution in [1.82, 2.24) is 0 Å². The van der Waals surface area contributed by atoms with E-state index in [1.54, 1.807) is 20.3 Å². The minimum atomic E-state index is -0.373. The first kappa shape index (κ1) is 14.3. The van der Waals surface area contributed by atoms with Gasteiger partial charge in [-0.25, -0.2) is 0 Å². The number of benzene rings is 1. The van der Waals surface area contributed by atoms with Crippen molar-refractivity contribution in [2.75, 3.05) is 51.2 Å². The molecule has 0 atom stereocenters. The molecule has 1 aromatic carbocycles. The van der Waals surface area contributed by atoms with Crippen LogP contribution in [-0.2, 0) is 9.47 Å². The van der Waals surface area contributed by atoms with Crippen molar-refractivity contribution in [3.05, 3.63) is 12.1 Å². The summed E-state index contributed by atoms with van der Waals surface area (Å²) in [5.41, 5.74) is 7.82. The van der Waals surface area contributed by atoms with E-state index in [2.05, 4.69) is 4.90 Å². The first-order valence-corrected chi connectivity index (χ1v) is 7.22. The molecule has 1 spiro atoms. The molecule has 2 saturated heterocycles. The van der Waals surface area contributed by atoms with Crippen molar-refractivity contribution in [3.63, 3.8) is 0 Å². The van der Waals surface area contributed by atoms with E-state index >= 15 is 0 Å². The highest BCUT2D eigenvalue weighted by Crippen LogP contribution is 2.39. The third-order valence-electron chi connectivity index (χ3n) is 4.21. The molecule has 6 heteroatoms. The molecule has 0 aliphatic carbocycles. The first-order valence-electron chi connectivity index (χ1n) is 7.22. The maximum Gasteiger partial charge on any atom is 0.171 e. The van der Waals surface area contributed by atoms with Crippen LogP contribution in [0.5, 0.6) is 11.5 Å². The second kappa shape index (κ2) is 5.61. The van der Waals surface area contributed by atoms with E-state index in [0.717, 1.165) is 31.6 Å². The number of rotatable bonds is 3. The fraction of sp³-hybridized carbons (Fsp3) is 0.600. The summed E-state index contributed by atoms with van der Waals surface area (Å²) in [5.74, 6) is 0.965. The summed E-state index contributed by atoms with van der Waals surface area (Å²) in [6, 6.07) is 3.74. The Bertz CT molecular complexity index is 505. The molecule has 2 aliphatic rings. The highest BCUT2D eigenvalue weighted by Gasteiger charge is 2.40. The number of piperidine rings is 1. The quantitative estimate of drug-likeness (QED) is 0.855. The van der Waals surface area contributed by atoms with Gasteiger partial charge in [0, 0.05) is 38.1 Å². The van der Waals surface area contributed by atoms with Crippen LogP contribution in [0.1, 0.15) is 12.8 Å². The molecule has 2 N–H and O–H groups in total. The smallest absolute Gasteiger partial charge is 0.171 e. The van der Waals surface area contributed by atoms with Gasteiger partial charge in [0.1, 0.15) is 0 Å². The van der Waals surface area contributed by atoms with Gasteiger partial charge in [-0.1, -0.05) is 0 Å². The molecule has 1 aromatic rings. The number of nitrogens with zero attached hydrogens (tertiary/aromatic N) is 1. The van der Waals surface area contributed by atoms with Gasteiger partial charge in [0.15, 0.2) is 17.3 Å². The fourth-order valence-electron chi connectivity index (χ4n) is 3.03. The van der Waals surface area contributed by atoms with Gasteiger partial charge in [0.05, 0.1) is 38.8 Å². The predicted molar refractivity (Wildman–Crippen MR) is 80.0 cm³/mol. The summed E-state index contributed by atoms with van der Waals surface area (Å²) in [7, 11) is 3.24. The highest BCUT2D eigenvalue weighted by molar-refractivity contribution is 5.73. The van der Waals surface area contributed by atoms with Crippen molar-refractivity contribution >= 4 is 11.4 Å². The molecule has 0 amide bonds. The Balaban J connectivity index is 1.78. The van der Waals surface area contributed by atoms with E-state index in [9.17, 15) is 0 Å². The second-order valence-electron chi connectivity index (χ2n) is 5.36. The van der Waals surface area contributed by atoms with Gasteiger partial charge in [-0.2, -0.15) is 0 Å². The first-order chi connectivity index (χ1) is 10.2. The number of methoxy groups -OCH3 is 2. The molecule has 0 aromatic heterocycles. The summed E-state index contributed by atoms with van der Waals surface area (Å²) in [6.07, 6.45) is 1.70. The van der Waals surface area contributed by atoms with Gasteiger partial charge in [-0.3, -0.25) is 0 Å². The maximum atomic E-state index is 6.16. The van der Waals surface area contributed by atoms with E-state index in [1.807, 2.05) is 6.07 Å². The van der Waals surface area contributed by atoms with E-state index in [1.165, 1.54) is 0 Å². The van der Waals surface area contributed by atoms with Crippen molar-refractivity contribution in [3.8, 4) is 11.5 Å². The molecule has 2 aliphatic heterocycles. The van der Waals surface area contributed by atoms with Gasteiger partial charge >= 0.3 is 0 Å². The Kier molecular flexibility index (Phi) is 3.82. The molecular weight excluding hydrogens is 272 g/mol. The lowest BCUT2D eigenvalue weighted by Gasteiger charge is -2.39. The molecule has 21 heavy (non-hydrogen) atoms. The monoisotopic (exact) mass is 294 g/mol. The Hall–Kier alpha value is -1.66. The third kappa shape index (κ3) is 2.61. The molecule has 0 saturated carbocycles. The number of ether oxygens (including phenoxy) is 4. The van der Waals surface area contributed by atoms with Crippen LogP contribution in [-0.4, -0.2) is 46.3 Å². The highest BCUT2D eigenvalue weighted by atomic mass is 16.7. The van der Waals surface area contributed by atoms with E-state index < -0.39 is 0 Å². The number of hydrogen-bond acceptors (Lipinski definition) is 6. The Morgan fingerprint density at radius 1 is 1.05 bits per heavy atom. The van der Waals surface area contributed by atoms with Crippen LogP contribution in [0.15, 0.2) is 12.1 Å². The lowest BCUT2D eigenvalue weighted by atomic mass is 10.0. The van der Waals surface area contributed by atoms with Crippen molar-refractivity contribution in [1.29, 1.82) is 0 Å². The standard InChI is InChI=1S/C15H22N2O4/c1-18-13-9-11(16)12(10-14(13)19-2)17-5-3-15(4-6-17)20-7-8-21-15/h9-10H,3-8,16H2,1-2H3. The minimum absolute atomic E-state index is 0.373. The number of nitrogen functional groups attached to an aromatic ring is 1. The molecule has 6 nitrogen and oxygen atoms in total. The van der Waals surface area contributed by atoms with Crippen molar-refractivity contribution in [2.24, 2.45) is 0 Å². The van der Waals surface area contributed by atoms with Gasteiger partial charge in [0.25, 0.3) is 0 Å². The summed E-state index contributed by atoms with van der Waals surface area (Å²) in [5, 5.41) is 0. The average molecular weight is 294 g/mol. The third-order valence-corrected chi connectivity index (χ3v) is 4.21. The van der Waals surface area contributed by atoms with Crippen LogP contribution >= 0.6 is 0 Å². The van der Waals surface area contributed by atoms with E-state index in [4.69, 9.17) is 24.7 Å². The fourth-order valence-corrected chi connectivity index (χ4v) is 3.03. The van der Waals surface area contributed by atoms with Crippen molar-refractivity contribution < 1.29 is 18.9 Å².